The maximum absolute atomic E-state index is 2.54. The molecule has 1 saturated heterocycles. The maximum atomic E-state index is 2.54. The minimum Gasteiger partial charge on any atom is -1.00 e. The molecular formula is C24H32ClN3. The van der Waals surface area contributed by atoms with Gasteiger partial charge in [0.25, 0.3) is 6.33 Å². The Morgan fingerprint density at radius 1 is 0.821 bits per heavy atom. The van der Waals surface area contributed by atoms with E-state index in [1.165, 1.54) is 47.4 Å². The van der Waals surface area contributed by atoms with Crippen molar-refractivity contribution in [2.24, 2.45) is 0 Å². The lowest BCUT2D eigenvalue weighted by Crippen LogP contribution is -3.00. The van der Waals surface area contributed by atoms with Gasteiger partial charge in [-0.2, -0.15) is 4.40 Å². The van der Waals surface area contributed by atoms with Crippen LogP contribution >= 0.6 is 0 Å². The van der Waals surface area contributed by atoms with Gasteiger partial charge in [-0.1, -0.05) is 52.0 Å². The Bertz CT molecular complexity index is 910. The summed E-state index contributed by atoms with van der Waals surface area (Å²) in [5.74, 6) is 2.31. The summed E-state index contributed by atoms with van der Waals surface area (Å²) in [6, 6.07) is 13.5. The van der Waals surface area contributed by atoms with Crippen molar-refractivity contribution in [3.8, 4) is 5.69 Å². The molecule has 150 valence electrons. The molecule has 1 aliphatic rings. The first-order valence-corrected chi connectivity index (χ1v) is 10.5. The van der Waals surface area contributed by atoms with E-state index in [9.17, 15) is 0 Å². The average molecular weight is 398 g/mol. The topological polar surface area (TPSA) is 11.5 Å². The number of halogens is 1. The van der Waals surface area contributed by atoms with Crippen molar-refractivity contribution in [3.63, 3.8) is 0 Å². The molecule has 0 unspecified atom stereocenters. The molecule has 0 aliphatic carbocycles. The van der Waals surface area contributed by atoms with E-state index in [1.807, 2.05) is 0 Å². The van der Waals surface area contributed by atoms with Crippen LogP contribution in [0.4, 0.5) is 5.82 Å². The zero-order valence-electron chi connectivity index (χ0n) is 17.5. The molecular weight excluding hydrogens is 366 g/mol. The third kappa shape index (κ3) is 3.77. The smallest absolute Gasteiger partial charge is 0.255 e. The molecule has 0 N–H and O–H groups in total. The third-order valence-corrected chi connectivity index (χ3v) is 5.83. The minimum atomic E-state index is 0. The molecule has 0 radical (unpaired) electrons. The van der Waals surface area contributed by atoms with E-state index >= 15 is 0 Å². The van der Waals surface area contributed by atoms with E-state index in [0.717, 1.165) is 13.1 Å². The van der Waals surface area contributed by atoms with E-state index in [-0.39, 0.29) is 12.4 Å². The molecule has 0 saturated carbocycles. The minimum absolute atomic E-state index is 0. The van der Waals surface area contributed by atoms with Gasteiger partial charge in [-0.25, -0.2) is 4.57 Å². The number of piperidine rings is 1. The molecule has 1 aromatic carbocycles. The number of hydrogen-bond acceptors (Lipinski definition) is 1. The summed E-state index contributed by atoms with van der Waals surface area (Å²) in [5.41, 5.74) is 5.45. The standard InChI is InChI=1S/C24H32N3.ClH/c1-18(2)21-11-9-12-22(19(3)4)24(21)26-16-20-10-8-13-23(27(20)17-26)25-14-6-5-7-15-25;/h8-13,16-19H,5-7,14-15H2,1-4H3;1H/q+1;/p-1. The molecule has 1 aliphatic heterocycles. The van der Waals surface area contributed by atoms with Gasteiger partial charge < -0.3 is 17.3 Å². The first-order chi connectivity index (χ1) is 13.1. The molecule has 28 heavy (non-hydrogen) atoms. The van der Waals surface area contributed by atoms with Crippen molar-refractivity contribution in [2.45, 2.75) is 58.8 Å². The second kappa shape index (κ2) is 8.57. The summed E-state index contributed by atoms with van der Waals surface area (Å²) in [6.45, 7) is 11.5. The monoisotopic (exact) mass is 397 g/mol. The highest BCUT2D eigenvalue weighted by Gasteiger charge is 2.23. The zero-order valence-corrected chi connectivity index (χ0v) is 18.3. The summed E-state index contributed by atoms with van der Waals surface area (Å²) < 4.78 is 4.72. The summed E-state index contributed by atoms with van der Waals surface area (Å²) >= 11 is 0. The highest BCUT2D eigenvalue weighted by molar-refractivity contribution is 5.55. The molecule has 3 aromatic rings. The highest BCUT2D eigenvalue weighted by Crippen LogP contribution is 2.28. The number of nitrogens with zero attached hydrogens (tertiary/aromatic N) is 3. The van der Waals surface area contributed by atoms with Crippen LogP contribution < -0.4 is 21.9 Å². The van der Waals surface area contributed by atoms with Gasteiger partial charge in [0.05, 0.1) is 0 Å². The number of aromatic nitrogens is 2. The Hall–Kier alpha value is -2.00. The van der Waals surface area contributed by atoms with Gasteiger partial charge in [-0.3, -0.25) is 0 Å². The Labute approximate surface area is 175 Å². The first-order valence-electron chi connectivity index (χ1n) is 10.5. The van der Waals surface area contributed by atoms with Gasteiger partial charge in [0, 0.05) is 30.3 Å². The molecule has 4 heteroatoms. The number of imidazole rings is 1. The number of pyridine rings is 1. The van der Waals surface area contributed by atoms with E-state index < -0.39 is 0 Å². The maximum Gasteiger partial charge on any atom is 0.255 e. The molecule has 1 fully saturated rings. The van der Waals surface area contributed by atoms with Crippen molar-refractivity contribution < 1.29 is 17.0 Å². The van der Waals surface area contributed by atoms with Gasteiger partial charge in [0.15, 0.2) is 5.52 Å². The van der Waals surface area contributed by atoms with Crippen LogP contribution in [0, 0.1) is 0 Å². The Balaban J connectivity index is 0.00000225. The second-order valence-electron chi connectivity index (χ2n) is 8.47. The van der Waals surface area contributed by atoms with Crippen LogP contribution in [0.2, 0.25) is 0 Å². The normalized spacial score (nSPS) is 14.7. The van der Waals surface area contributed by atoms with Crippen LogP contribution in [0.3, 0.4) is 0 Å². The lowest BCUT2D eigenvalue weighted by Gasteiger charge is -2.26. The Morgan fingerprint density at radius 2 is 1.43 bits per heavy atom. The third-order valence-electron chi connectivity index (χ3n) is 5.83. The first kappa shape index (κ1) is 20.7. The predicted molar refractivity (Wildman–Crippen MR) is 113 cm³/mol. The lowest BCUT2D eigenvalue weighted by atomic mass is 9.92. The molecule has 0 amide bonds. The van der Waals surface area contributed by atoms with E-state index in [1.54, 1.807) is 0 Å². The molecule has 0 atom stereocenters. The number of fused-ring (bicyclic) bond motifs is 1. The average Bonchev–Trinajstić information content (AvgIpc) is 3.12. The van der Waals surface area contributed by atoms with Crippen LogP contribution in [-0.4, -0.2) is 17.5 Å². The van der Waals surface area contributed by atoms with Crippen LogP contribution in [0.5, 0.6) is 0 Å². The summed E-state index contributed by atoms with van der Waals surface area (Å²) in [4.78, 5) is 2.54. The number of benzene rings is 1. The van der Waals surface area contributed by atoms with Crippen molar-refractivity contribution >= 4 is 11.3 Å². The molecule has 2 aromatic heterocycles. The Morgan fingerprint density at radius 3 is 2.04 bits per heavy atom. The number of para-hydroxylation sites is 1. The van der Waals surface area contributed by atoms with E-state index in [2.05, 4.69) is 90.5 Å². The summed E-state index contributed by atoms with van der Waals surface area (Å²) in [7, 11) is 0. The van der Waals surface area contributed by atoms with Crippen molar-refractivity contribution in [1.29, 1.82) is 0 Å². The SMILES string of the molecule is CC(C)c1cccc(C(C)C)c1-[n+]1cc2cccc(N3CCCCC3)n2c1.[Cl-]. The molecule has 0 bridgehead atoms. The fourth-order valence-electron chi connectivity index (χ4n) is 4.37. The van der Waals surface area contributed by atoms with Gasteiger partial charge in [-0.05, 0) is 37.2 Å². The van der Waals surface area contributed by atoms with Crippen LogP contribution in [-0.2, 0) is 0 Å². The fourth-order valence-corrected chi connectivity index (χ4v) is 4.37. The zero-order chi connectivity index (χ0) is 19.0. The van der Waals surface area contributed by atoms with Crippen molar-refractivity contribution in [1.82, 2.24) is 4.40 Å². The highest BCUT2D eigenvalue weighted by atomic mass is 35.5. The van der Waals surface area contributed by atoms with Gasteiger partial charge in [0.2, 0.25) is 5.82 Å². The van der Waals surface area contributed by atoms with Crippen LogP contribution in [0.25, 0.3) is 11.2 Å². The molecule has 3 heterocycles. The van der Waals surface area contributed by atoms with E-state index in [0.29, 0.717) is 11.8 Å². The van der Waals surface area contributed by atoms with Gasteiger partial charge >= 0.3 is 0 Å². The van der Waals surface area contributed by atoms with Crippen molar-refractivity contribution in [2.75, 3.05) is 18.0 Å². The lowest BCUT2D eigenvalue weighted by molar-refractivity contribution is -0.595. The van der Waals surface area contributed by atoms with E-state index in [4.69, 9.17) is 0 Å². The van der Waals surface area contributed by atoms with Gasteiger partial charge in [0.1, 0.15) is 11.9 Å². The fraction of sp³-hybridized carbons (Fsp3) is 0.458. The predicted octanol–water partition coefficient (Wildman–Crippen LogP) is 2.46. The quantitative estimate of drug-likeness (QED) is 0.615. The van der Waals surface area contributed by atoms with Crippen LogP contribution in [0.15, 0.2) is 48.9 Å². The molecule has 3 nitrogen and oxygen atoms in total. The summed E-state index contributed by atoms with van der Waals surface area (Å²) in [5, 5.41) is 0. The number of rotatable bonds is 4. The largest absolute Gasteiger partial charge is 1.00 e. The molecule has 0 spiro atoms. The van der Waals surface area contributed by atoms with Crippen LogP contribution in [0.1, 0.15) is 69.9 Å². The second-order valence-corrected chi connectivity index (χ2v) is 8.47. The summed E-state index contributed by atoms with van der Waals surface area (Å²) in [6.07, 6.45) is 8.53. The van der Waals surface area contributed by atoms with Crippen molar-refractivity contribution in [3.05, 3.63) is 60.0 Å². The van der Waals surface area contributed by atoms with Gasteiger partial charge in [-0.15, -0.1) is 0 Å². The number of anilines is 1. The number of hydrogen-bond donors (Lipinski definition) is 0. The molecule has 4 rings (SSSR count). The Kier molecular flexibility index (Phi) is 6.34.